The van der Waals surface area contributed by atoms with Crippen LogP contribution in [0.15, 0.2) is 18.2 Å². The fraction of sp³-hybridized carbons (Fsp3) is 0.333. The largest absolute Gasteiger partial charge is 0.507 e. The minimum Gasteiger partial charge on any atom is -0.507 e. The van der Waals surface area contributed by atoms with E-state index in [-0.39, 0.29) is 16.3 Å². The Kier molecular flexibility index (Phi) is 4.13. The van der Waals surface area contributed by atoms with E-state index in [2.05, 4.69) is 5.32 Å². The van der Waals surface area contributed by atoms with Crippen LogP contribution in [-0.2, 0) is 0 Å². The maximum absolute atomic E-state index is 12.0. The Morgan fingerprint density at radius 2 is 2.11 bits per heavy atom. The fourth-order valence-corrected chi connectivity index (χ4v) is 1.29. The number of carbonyl (C=O) groups is 1. The van der Waals surface area contributed by atoms with Gasteiger partial charge in [0, 0.05) is 6.07 Å². The van der Waals surface area contributed by atoms with E-state index >= 15 is 0 Å². The Morgan fingerprint density at radius 1 is 1.50 bits per heavy atom. The maximum Gasteiger partial charge on any atom is 0.255 e. The summed E-state index contributed by atoms with van der Waals surface area (Å²) in [7, 11) is 1.48. The Bertz CT molecular complexity index is 486. The van der Waals surface area contributed by atoms with Gasteiger partial charge in [0.2, 0.25) is 0 Å². The van der Waals surface area contributed by atoms with Crippen LogP contribution < -0.4 is 15.8 Å². The normalized spacial score (nSPS) is 10.8. The highest BCUT2D eigenvalue weighted by Crippen LogP contribution is 2.23. The van der Waals surface area contributed by atoms with Gasteiger partial charge in [-0.2, -0.15) is 0 Å². The molecule has 0 aromatic heterocycles. The van der Waals surface area contributed by atoms with Gasteiger partial charge in [-0.3, -0.25) is 4.79 Å². The van der Waals surface area contributed by atoms with Crippen molar-refractivity contribution < 1.29 is 14.6 Å². The number of amides is 1. The summed E-state index contributed by atoms with van der Waals surface area (Å²) in [6, 6.07) is 4.42. The summed E-state index contributed by atoms with van der Waals surface area (Å²) in [4.78, 5) is 12.1. The van der Waals surface area contributed by atoms with Gasteiger partial charge in [0.1, 0.15) is 11.5 Å². The predicted octanol–water partition coefficient (Wildman–Crippen LogP) is 1.20. The van der Waals surface area contributed by atoms with Crippen molar-refractivity contribution in [1.29, 1.82) is 0 Å². The number of methoxy groups -OCH3 is 1. The van der Waals surface area contributed by atoms with Crippen molar-refractivity contribution in [3.8, 4) is 11.5 Å². The number of nitrogens with two attached hydrogens (primary N) is 1. The second-order valence-electron chi connectivity index (χ2n) is 4.33. The number of hydrogen-bond acceptors (Lipinski definition) is 4. The summed E-state index contributed by atoms with van der Waals surface area (Å²) in [5.74, 6) is -0.142. The van der Waals surface area contributed by atoms with Gasteiger partial charge in [-0.15, -0.1) is 0 Å². The van der Waals surface area contributed by atoms with Gasteiger partial charge in [-0.25, -0.2) is 0 Å². The third-order valence-electron chi connectivity index (χ3n) is 2.49. The first kappa shape index (κ1) is 14.2. The van der Waals surface area contributed by atoms with E-state index < -0.39 is 11.4 Å². The number of hydrogen-bond donors (Lipinski definition) is 3. The molecule has 18 heavy (non-hydrogen) atoms. The number of aromatic hydroxyl groups is 1. The number of nitrogens with one attached hydrogen (secondary N) is 1. The molecule has 6 heteroatoms. The number of rotatable bonds is 4. The van der Waals surface area contributed by atoms with Crippen LogP contribution in [0.1, 0.15) is 24.2 Å². The van der Waals surface area contributed by atoms with Crippen LogP contribution in [0.2, 0.25) is 0 Å². The van der Waals surface area contributed by atoms with Gasteiger partial charge in [0.25, 0.3) is 5.91 Å². The quantitative estimate of drug-likeness (QED) is 0.714. The first-order valence-corrected chi connectivity index (χ1v) is 5.68. The number of thiocarbonyl (C=S) groups is 1. The van der Waals surface area contributed by atoms with Crippen molar-refractivity contribution in [2.24, 2.45) is 5.73 Å². The minimum atomic E-state index is -0.821. The summed E-state index contributed by atoms with van der Waals surface area (Å²) >= 11 is 4.85. The average molecular weight is 268 g/mol. The van der Waals surface area contributed by atoms with E-state index in [9.17, 15) is 9.90 Å². The minimum absolute atomic E-state index is 0.139. The molecule has 0 aliphatic rings. The molecule has 0 bridgehead atoms. The van der Waals surface area contributed by atoms with Gasteiger partial charge in [-0.1, -0.05) is 12.2 Å². The van der Waals surface area contributed by atoms with Crippen LogP contribution in [0.5, 0.6) is 11.5 Å². The SMILES string of the molecule is COc1ccc(C(=O)NC(C)(C)C(N)=S)c(O)c1. The van der Waals surface area contributed by atoms with E-state index in [4.69, 9.17) is 22.7 Å². The molecular weight excluding hydrogens is 252 g/mol. The zero-order chi connectivity index (χ0) is 13.9. The molecule has 0 unspecified atom stereocenters. The van der Waals surface area contributed by atoms with E-state index in [0.29, 0.717) is 5.75 Å². The molecule has 0 heterocycles. The molecule has 0 radical (unpaired) electrons. The number of carbonyl (C=O) groups excluding carboxylic acids is 1. The Labute approximate surface area is 111 Å². The molecule has 0 atom stereocenters. The number of benzene rings is 1. The molecule has 98 valence electrons. The summed E-state index contributed by atoms with van der Waals surface area (Å²) in [5, 5.41) is 12.4. The molecular formula is C12H16N2O3S. The first-order chi connectivity index (χ1) is 8.27. The molecule has 1 rings (SSSR count). The molecule has 1 aromatic carbocycles. The molecule has 4 N–H and O–H groups in total. The second-order valence-corrected chi connectivity index (χ2v) is 4.77. The topological polar surface area (TPSA) is 84.6 Å². The van der Waals surface area contributed by atoms with Crippen LogP contribution >= 0.6 is 12.2 Å². The maximum atomic E-state index is 12.0. The smallest absolute Gasteiger partial charge is 0.255 e. The monoisotopic (exact) mass is 268 g/mol. The lowest BCUT2D eigenvalue weighted by Crippen LogP contribution is -2.52. The van der Waals surface area contributed by atoms with Crippen molar-refractivity contribution in [1.82, 2.24) is 5.32 Å². The van der Waals surface area contributed by atoms with Crippen LogP contribution in [0.25, 0.3) is 0 Å². The van der Waals surface area contributed by atoms with Crippen LogP contribution in [0, 0.1) is 0 Å². The Morgan fingerprint density at radius 3 is 2.56 bits per heavy atom. The third kappa shape index (κ3) is 3.10. The number of phenolic OH excluding ortho intramolecular Hbond substituents is 1. The highest BCUT2D eigenvalue weighted by molar-refractivity contribution is 7.80. The number of phenols is 1. The molecule has 1 amide bonds. The molecule has 0 aliphatic carbocycles. The Hall–Kier alpha value is -1.82. The van der Waals surface area contributed by atoms with Crippen molar-refractivity contribution >= 4 is 23.1 Å². The van der Waals surface area contributed by atoms with E-state index in [1.165, 1.54) is 19.2 Å². The highest BCUT2D eigenvalue weighted by atomic mass is 32.1. The first-order valence-electron chi connectivity index (χ1n) is 5.27. The molecule has 0 saturated carbocycles. The zero-order valence-corrected chi connectivity index (χ0v) is 11.3. The lowest BCUT2D eigenvalue weighted by molar-refractivity contribution is 0.0929. The molecule has 0 spiro atoms. The lowest BCUT2D eigenvalue weighted by Gasteiger charge is -2.24. The fourth-order valence-electron chi connectivity index (χ4n) is 1.24. The number of ether oxygens (including phenoxy) is 1. The zero-order valence-electron chi connectivity index (χ0n) is 10.5. The van der Waals surface area contributed by atoms with E-state index in [0.717, 1.165) is 0 Å². The Balaban J connectivity index is 2.95. The van der Waals surface area contributed by atoms with Crippen LogP contribution in [0.4, 0.5) is 0 Å². The third-order valence-corrected chi connectivity index (χ3v) is 3.00. The van der Waals surface area contributed by atoms with Gasteiger partial charge in [-0.05, 0) is 26.0 Å². The predicted molar refractivity (Wildman–Crippen MR) is 73.0 cm³/mol. The van der Waals surface area contributed by atoms with E-state index in [1.807, 2.05) is 0 Å². The van der Waals surface area contributed by atoms with Gasteiger partial charge in [0.05, 0.1) is 23.2 Å². The summed E-state index contributed by atoms with van der Waals surface area (Å²) < 4.78 is 4.94. The van der Waals surface area contributed by atoms with Crippen LogP contribution in [0.3, 0.4) is 0 Å². The summed E-state index contributed by atoms with van der Waals surface area (Å²) in [6.07, 6.45) is 0. The lowest BCUT2D eigenvalue weighted by atomic mass is 10.0. The van der Waals surface area contributed by atoms with Gasteiger partial charge < -0.3 is 20.9 Å². The van der Waals surface area contributed by atoms with Crippen molar-refractivity contribution in [2.75, 3.05) is 7.11 Å². The molecule has 0 fully saturated rings. The molecule has 0 aliphatic heterocycles. The second kappa shape index (κ2) is 5.22. The summed E-state index contributed by atoms with van der Waals surface area (Å²) in [5.41, 5.74) is 4.83. The highest BCUT2D eigenvalue weighted by Gasteiger charge is 2.25. The van der Waals surface area contributed by atoms with Gasteiger partial charge in [0.15, 0.2) is 0 Å². The molecule has 1 aromatic rings. The van der Waals surface area contributed by atoms with Crippen molar-refractivity contribution in [3.05, 3.63) is 23.8 Å². The van der Waals surface area contributed by atoms with Gasteiger partial charge >= 0.3 is 0 Å². The average Bonchev–Trinajstić information content (AvgIpc) is 2.27. The van der Waals surface area contributed by atoms with E-state index in [1.54, 1.807) is 19.9 Å². The molecule has 0 saturated heterocycles. The van der Waals surface area contributed by atoms with Crippen molar-refractivity contribution in [3.63, 3.8) is 0 Å². The van der Waals surface area contributed by atoms with Crippen molar-refractivity contribution in [2.45, 2.75) is 19.4 Å². The molecule has 5 nitrogen and oxygen atoms in total. The van der Waals surface area contributed by atoms with Crippen LogP contribution in [-0.4, -0.2) is 28.7 Å². The standard InChI is InChI=1S/C12H16N2O3S/c1-12(2,11(13)18)14-10(16)8-5-4-7(17-3)6-9(8)15/h4-6,15H,1-3H3,(H2,13,18)(H,14,16). The summed E-state index contributed by atoms with van der Waals surface area (Å²) in [6.45, 7) is 3.38.